The van der Waals surface area contributed by atoms with Gasteiger partial charge in [-0.3, -0.25) is 9.59 Å². The van der Waals surface area contributed by atoms with Gasteiger partial charge in [0.05, 0.1) is 5.41 Å². The van der Waals surface area contributed by atoms with Crippen LogP contribution in [0.1, 0.15) is 33.6 Å². The standard InChI is InChI=1S/C11H22N2O3/c1-4-8(6-12)5-9(14)13-7-11(2,3)10(15)16/h8H,4-7,12H2,1-3H3,(H,13,14)(H,15,16). The number of rotatable bonds is 7. The summed E-state index contributed by atoms with van der Waals surface area (Å²) in [5, 5.41) is 11.5. The zero-order valence-electron chi connectivity index (χ0n) is 10.2. The average Bonchev–Trinajstić information content (AvgIpc) is 2.23. The van der Waals surface area contributed by atoms with Crippen LogP contribution in [-0.4, -0.2) is 30.1 Å². The third kappa shape index (κ3) is 5.11. The van der Waals surface area contributed by atoms with Crippen LogP contribution in [-0.2, 0) is 9.59 Å². The molecule has 0 aromatic heterocycles. The van der Waals surface area contributed by atoms with Crippen LogP contribution in [0.3, 0.4) is 0 Å². The number of carboxylic acid groups (broad SMARTS) is 1. The summed E-state index contributed by atoms with van der Waals surface area (Å²) in [4.78, 5) is 22.3. The van der Waals surface area contributed by atoms with Crippen LogP contribution in [0.2, 0.25) is 0 Å². The Morgan fingerprint density at radius 3 is 2.38 bits per heavy atom. The minimum Gasteiger partial charge on any atom is -0.481 e. The van der Waals surface area contributed by atoms with Gasteiger partial charge in [-0.1, -0.05) is 13.3 Å². The number of carbonyl (C=O) groups is 2. The number of carboxylic acids is 1. The van der Waals surface area contributed by atoms with Crippen molar-refractivity contribution in [1.82, 2.24) is 5.32 Å². The SMILES string of the molecule is CCC(CN)CC(=O)NCC(C)(C)C(=O)O. The Morgan fingerprint density at radius 2 is 2.00 bits per heavy atom. The first-order valence-electron chi connectivity index (χ1n) is 5.53. The van der Waals surface area contributed by atoms with Crippen LogP contribution >= 0.6 is 0 Å². The molecule has 0 saturated heterocycles. The zero-order chi connectivity index (χ0) is 12.8. The Bertz CT molecular complexity index is 248. The molecule has 0 heterocycles. The van der Waals surface area contributed by atoms with Crippen molar-refractivity contribution < 1.29 is 14.7 Å². The van der Waals surface area contributed by atoms with E-state index in [9.17, 15) is 9.59 Å². The van der Waals surface area contributed by atoms with Gasteiger partial charge in [-0.25, -0.2) is 0 Å². The summed E-state index contributed by atoms with van der Waals surface area (Å²) in [7, 11) is 0. The maximum absolute atomic E-state index is 11.5. The van der Waals surface area contributed by atoms with E-state index >= 15 is 0 Å². The van der Waals surface area contributed by atoms with E-state index in [0.29, 0.717) is 13.0 Å². The van der Waals surface area contributed by atoms with E-state index < -0.39 is 11.4 Å². The Morgan fingerprint density at radius 1 is 1.44 bits per heavy atom. The average molecular weight is 230 g/mol. The van der Waals surface area contributed by atoms with Crippen molar-refractivity contribution in [3.8, 4) is 0 Å². The van der Waals surface area contributed by atoms with Gasteiger partial charge in [0.25, 0.3) is 0 Å². The molecule has 1 unspecified atom stereocenters. The largest absolute Gasteiger partial charge is 0.481 e. The molecule has 0 rings (SSSR count). The van der Waals surface area contributed by atoms with E-state index in [-0.39, 0.29) is 18.4 Å². The minimum atomic E-state index is -0.930. The first kappa shape index (κ1) is 14.9. The summed E-state index contributed by atoms with van der Waals surface area (Å²) >= 11 is 0. The first-order chi connectivity index (χ1) is 7.33. The number of aliphatic carboxylic acids is 1. The molecular formula is C11H22N2O3. The molecule has 0 fully saturated rings. The van der Waals surface area contributed by atoms with Gasteiger partial charge in [0, 0.05) is 13.0 Å². The maximum Gasteiger partial charge on any atom is 0.310 e. The molecule has 0 radical (unpaired) electrons. The second-order valence-electron chi connectivity index (χ2n) is 4.68. The van der Waals surface area contributed by atoms with Crippen LogP contribution in [0.4, 0.5) is 0 Å². The molecule has 0 aromatic rings. The lowest BCUT2D eigenvalue weighted by molar-refractivity contribution is -0.146. The summed E-state index contributed by atoms with van der Waals surface area (Å²) in [5.41, 5.74) is 4.56. The molecule has 0 aromatic carbocycles. The van der Waals surface area contributed by atoms with Crippen molar-refractivity contribution in [3.63, 3.8) is 0 Å². The molecule has 0 bridgehead atoms. The van der Waals surface area contributed by atoms with Gasteiger partial charge in [0.1, 0.15) is 0 Å². The molecule has 1 atom stereocenters. The van der Waals surface area contributed by atoms with E-state index in [2.05, 4.69) is 5.32 Å². The highest BCUT2D eigenvalue weighted by molar-refractivity contribution is 5.78. The highest BCUT2D eigenvalue weighted by Gasteiger charge is 2.27. The van der Waals surface area contributed by atoms with E-state index in [0.717, 1.165) is 6.42 Å². The van der Waals surface area contributed by atoms with Crippen molar-refractivity contribution in [2.45, 2.75) is 33.6 Å². The Labute approximate surface area is 96.4 Å². The smallest absolute Gasteiger partial charge is 0.310 e. The number of nitrogens with one attached hydrogen (secondary N) is 1. The molecule has 5 nitrogen and oxygen atoms in total. The highest BCUT2D eigenvalue weighted by Crippen LogP contribution is 2.13. The third-order valence-corrected chi connectivity index (χ3v) is 2.69. The van der Waals surface area contributed by atoms with Gasteiger partial charge in [-0.2, -0.15) is 0 Å². The summed E-state index contributed by atoms with van der Waals surface area (Å²) in [5.74, 6) is -0.877. The fraction of sp³-hybridized carbons (Fsp3) is 0.818. The lowest BCUT2D eigenvalue weighted by Crippen LogP contribution is -2.39. The van der Waals surface area contributed by atoms with Gasteiger partial charge in [-0.15, -0.1) is 0 Å². The Kier molecular flexibility index (Phi) is 6.03. The summed E-state index contributed by atoms with van der Waals surface area (Å²) in [6.07, 6.45) is 1.22. The second-order valence-corrected chi connectivity index (χ2v) is 4.68. The molecule has 4 N–H and O–H groups in total. The van der Waals surface area contributed by atoms with Gasteiger partial charge < -0.3 is 16.2 Å². The van der Waals surface area contributed by atoms with Gasteiger partial charge in [0.2, 0.25) is 5.91 Å². The molecule has 5 heteroatoms. The first-order valence-corrected chi connectivity index (χ1v) is 5.53. The molecule has 94 valence electrons. The molecule has 1 amide bonds. The summed E-state index contributed by atoms with van der Waals surface area (Å²) in [6.45, 7) is 5.76. The number of hydrogen-bond donors (Lipinski definition) is 3. The molecular weight excluding hydrogens is 208 g/mol. The molecule has 16 heavy (non-hydrogen) atoms. The Balaban J connectivity index is 4.03. The summed E-state index contributed by atoms with van der Waals surface area (Å²) < 4.78 is 0. The number of amides is 1. The van der Waals surface area contributed by atoms with Gasteiger partial charge in [0.15, 0.2) is 0 Å². The molecule has 0 aliphatic rings. The quantitative estimate of drug-likeness (QED) is 0.596. The van der Waals surface area contributed by atoms with Crippen molar-refractivity contribution >= 4 is 11.9 Å². The zero-order valence-corrected chi connectivity index (χ0v) is 10.2. The fourth-order valence-electron chi connectivity index (χ4n) is 1.12. The van der Waals surface area contributed by atoms with Crippen molar-refractivity contribution in [3.05, 3.63) is 0 Å². The topological polar surface area (TPSA) is 92.4 Å². The fourth-order valence-corrected chi connectivity index (χ4v) is 1.12. The van der Waals surface area contributed by atoms with E-state index in [1.165, 1.54) is 0 Å². The molecule has 0 spiro atoms. The van der Waals surface area contributed by atoms with Crippen LogP contribution in [0, 0.1) is 11.3 Å². The van der Waals surface area contributed by atoms with Crippen LogP contribution in [0.5, 0.6) is 0 Å². The normalized spacial score (nSPS) is 13.2. The highest BCUT2D eigenvalue weighted by atomic mass is 16.4. The van der Waals surface area contributed by atoms with Crippen molar-refractivity contribution in [2.75, 3.05) is 13.1 Å². The number of hydrogen-bond acceptors (Lipinski definition) is 3. The van der Waals surface area contributed by atoms with E-state index in [4.69, 9.17) is 10.8 Å². The van der Waals surface area contributed by atoms with Crippen molar-refractivity contribution in [1.29, 1.82) is 0 Å². The van der Waals surface area contributed by atoms with Crippen molar-refractivity contribution in [2.24, 2.45) is 17.1 Å². The Hall–Kier alpha value is -1.10. The van der Waals surface area contributed by atoms with Gasteiger partial charge in [-0.05, 0) is 26.3 Å². The predicted molar refractivity (Wildman–Crippen MR) is 61.9 cm³/mol. The predicted octanol–water partition coefficient (Wildman–Crippen LogP) is 0.588. The van der Waals surface area contributed by atoms with Crippen LogP contribution < -0.4 is 11.1 Å². The lowest BCUT2D eigenvalue weighted by Gasteiger charge is -2.20. The van der Waals surface area contributed by atoms with Crippen LogP contribution in [0.25, 0.3) is 0 Å². The molecule has 0 aliphatic heterocycles. The number of carbonyl (C=O) groups excluding carboxylic acids is 1. The maximum atomic E-state index is 11.5. The lowest BCUT2D eigenvalue weighted by atomic mass is 9.93. The minimum absolute atomic E-state index is 0.133. The monoisotopic (exact) mass is 230 g/mol. The third-order valence-electron chi connectivity index (χ3n) is 2.69. The van der Waals surface area contributed by atoms with E-state index in [1.807, 2.05) is 6.92 Å². The summed E-state index contributed by atoms with van der Waals surface area (Å²) in [6, 6.07) is 0. The van der Waals surface area contributed by atoms with E-state index in [1.54, 1.807) is 13.8 Å². The molecule has 0 saturated carbocycles. The van der Waals surface area contributed by atoms with Gasteiger partial charge >= 0.3 is 5.97 Å². The second kappa shape index (κ2) is 6.48. The number of nitrogens with two attached hydrogens (primary N) is 1. The van der Waals surface area contributed by atoms with Crippen LogP contribution in [0.15, 0.2) is 0 Å². The molecule has 0 aliphatic carbocycles.